The van der Waals surface area contributed by atoms with Crippen molar-refractivity contribution >= 4 is 0 Å². The fourth-order valence-electron chi connectivity index (χ4n) is 1.95. The first kappa shape index (κ1) is 11.4. The quantitative estimate of drug-likeness (QED) is 0.802. The maximum atomic E-state index is 12.5. The minimum absolute atomic E-state index is 0.232. The van der Waals surface area contributed by atoms with E-state index in [1.54, 1.807) is 24.3 Å². The van der Waals surface area contributed by atoms with Gasteiger partial charge in [-0.3, -0.25) is 4.90 Å². The van der Waals surface area contributed by atoms with Crippen LogP contribution >= 0.6 is 0 Å². The second-order valence-electron chi connectivity index (χ2n) is 3.89. The molecule has 0 bridgehead atoms. The average Bonchev–Trinajstić information content (AvgIpc) is 2.92. The molecule has 1 aliphatic rings. The van der Waals surface area contributed by atoms with Gasteiger partial charge in [-0.2, -0.15) is 13.2 Å². The van der Waals surface area contributed by atoms with Gasteiger partial charge in [-0.05, 0) is 5.56 Å². The zero-order chi connectivity index (χ0) is 11.8. The summed E-state index contributed by atoms with van der Waals surface area (Å²) in [5, 5.41) is 8.85. The van der Waals surface area contributed by atoms with E-state index in [0.29, 0.717) is 0 Å². The Kier molecular flexibility index (Phi) is 2.90. The number of nitrogens with zero attached hydrogens (tertiary/aromatic N) is 1. The van der Waals surface area contributed by atoms with Crippen molar-refractivity contribution in [1.82, 2.24) is 4.90 Å². The van der Waals surface area contributed by atoms with E-state index in [1.807, 2.05) is 6.07 Å². The fourth-order valence-corrected chi connectivity index (χ4v) is 1.95. The highest BCUT2D eigenvalue weighted by atomic mass is 19.4. The van der Waals surface area contributed by atoms with Crippen molar-refractivity contribution in [2.75, 3.05) is 6.61 Å². The Labute approximate surface area is 91.3 Å². The van der Waals surface area contributed by atoms with E-state index < -0.39 is 24.9 Å². The summed E-state index contributed by atoms with van der Waals surface area (Å²) in [5.41, 5.74) is 0.827. The van der Waals surface area contributed by atoms with Crippen LogP contribution in [0.4, 0.5) is 13.2 Å². The number of hydrogen-bond donors (Lipinski definition) is 1. The molecule has 1 saturated heterocycles. The van der Waals surface area contributed by atoms with Gasteiger partial charge in [-0.1, -0.05) is 30.3 Å². The largest absolute Gasteiger partial charge is 0.405 e. The number of aliphatic hydroxyl groups excluding tert-OH is 1. The molecule has 0 aromatic heterocycles. The highest BCUT2D eigenvalue weighted by Crippen LogP contribution is 2.41. The van der Waals surface area contributed by atoms with Gasteiger partial charge < -0.3 is 5.11 Å². The van der Waals surface area contributed by atoms with Gasteiger partial charge in [-0.25, -0.2) is 0 Å². The Morgan fingerprint density at radius 1 is 1.19 bits per heavy atom. The number of alkyl halides is 3. The van der Waals surface area contributed by atoms with E-state index in [9.17, 15) is 13.2 Å². The van der Waals surface area contributed by atoms with Gasteiger partial charge in [0.15, 0.2) is 0 Å². The Bertz CT molecular complexity index is 352. The molecule has 1 aromatic carbocycles. The average molecular weight is 231 g/mol. The predicted molar refractivity (Wildman–Crippen MR) is 52.7 cm³/mol. The lowest BCUT2D eigenvalue weighted by atomic mass is 10.2. The molecule has 5 heteroatoms. The molecule has 1 unspecified atom stereocenters. The SMILES string of the molecule is OC[C@H]1[C@H](C(F)(F)F)N1Cc1ccccc1. The van der Waals surface area contributed by atoms with E-state index in [-0.39, 0.29) is 6.54 Å². The van der Waals surface area contributed by atoms with Crippen LogP contribution in [0.1, 0.15) is 5.56 Å². The molecule has 0 aliphatic carbocycles. The molecule has 1 heterocycles. The maximum absolute atomic E-state index is 12.5. The summed E-state index contributed by atoms with van der Waals surface area (Å²) in [6, 6.07) is 6.68. The highest BCUT2D eigenvalue weighted by molar-refractivity contribution is 5.18. The lowest BCUT2D eigenvalue weighted by Crippen LogP contribution is -2.22. The number of rotatable bonds is 3. The van der Waals surface area contributed by atoms with Crippen molar-refractivity contribution in [2.45, 2.75) is 24.8 Å². The molecular formula is C11H12F3NO. The topological polar surface area (TPSA) is 23.2 Å². The van der Waals surface area contributed by atoms with Gasteiger partial charge in [0.1, 0.15) is 6.04 Å². The van der Waals surface area contributed by atoms with Crippen LogP contribution in [0.2, 0.25) is 0 Å². The predicted octanol–water partition coefficient (Wildman–Crippen LogP) is 1.79. The summed E-state index contributed by atoms with van der Waals surface area (Å²) in [6.45, 7) is -0.215. The zero-order valence-corrected chi connectivity index (χ0v) is 8.48. The summed E-state index contributed by atoms with van der Waals surface area (Å²) in [6.07, 6.45) is -4.25. The first-order chi connectivity index (χ1) is 7.54. The Morgan fingerprint density at radius 3 is 2.25 bits per heavy atom. The molecule has 3 atom stereocenters. The van der Waals surface area contributed by atoms with E-state index in [0.717, 1.165) is 5.56 Å². The number of benzene rings is 1. The van der Waals surface area contributed by atoms with Crippen LogP contribution in [-0.4, -0.2) is 34.9 Å². The normalized spacial score (nSPS) is 29.1. The molecule has 16 heavy (non-hydrogen) atoms. The smallest absolute Gasteiger partial charge is 0.395 e. The molecule has 1 fully saturated rings. The molecule has 2 rings (SSSR count). The third-order valence-electron chi connectivity index (χ3n) is 2.79. The van der Waals surface area contributed by atoms with Crippen molar-refractivity contribution in [3.63, 3.8) is 0 Å². The van der Waals surface area contributed by atoms with Crippen LogP contribution in [0.25, 0.3) is 0 Å². The first-order valence-electron chi connectivity index (χ1n) is 5.01. The third-order valence-corrected chi connectivity index (χ3v) is 2.79. The van der Waals surface area contributed by atoms with Gasteiger partial charge in [0.05, 0.1) is 12.6 Å². The first-order valence-corrected chi connectivity index (χ1v) is 5.01. The highest BCUT2D eigenvalue weighted by Gasteiger charge is 2.62. The molecule has 0 saturated carbocycles. The molecule has 0 spiro atoms. The van der Waals surface area contributed by atoms with Crippen LogP contribution in [-0.2, 0) is 6.54 Å². The van der Waals surface area contributed by atoms with E-state index in [1.165, 1.54) is 4.90 Å². The number of halogens is 3. The second kappa shape index (κ2) is 4.07. The van der Waals surface area contributed by atoms with Crippen molar-refractivity contribution in [2.24, 2.45) is 0 Å². The maximum Gasteiger partial charge on any atom is 0.405 e. The molecular weight excluding hydrogens is 219 g/mol. The summed E-state index contributed by atoms with van der Waals surface area (Å²) >= 11 is 0. The minimum Gasteiger partial charge on any atom is -0.395 e. The molecule has 1 aromatic rings. The van der Waals surface area contributed by atoms with E-state index in [4.69, 9.17) is 5.11 Å². The van der Waals surface area contributed by atoms with Crippen LogP contribution in [0.15, 0.2) is 30.3 Å². The van der Waals surface area contributed by atoms with Crippen LogP contribution in [0.5, 0.6) is 0 Å². The summed E-state index contributed by atoms with van der Waals surface area (Å²) in [4.78, 5) is 1.26. The van der Waals surface area contributed by atoms with Gasteiger partial charge in [0.2, 0.25) is 0 Å². The fraction of sp³-hybridized carbons (Fsp3) is 0.455. The van der Waals surface area contributed by atoms with Crippen molar-refractivity contribution in [3.05, 3.63) is 35.9 Å². The molecule has 0 amide bonds. The minimum atomic E-state index is -4.25. The monoisotopic (exact) mass is 231 g/mol. The standard InChI is InChI=1S/C11H12F3NO/c12-11(13,14)10-9(7-16)15(10)6-8-4-2-1-3-5-8/h1-5,9-10,16H,6-7H2/t9-,10+,15?/m0/s1. The van der Waals surface area contributed by atoms with E-state index in [2.05, 4.69) is 0 Å². The molecule has 1 N–H and O–H groups in total. The van der Waals surface area contributed by atoms with Gasteiger partial charge in [-0.15, -0.1) is 0 Å². The van der Waals surface area contributed by atoms with E-state index >= 15 is 0 Å². The number of aliphatic hydroxyl groups is 1. The third kappa shape index (κ3) is 2.20. The Balaban J connectivity index is 2.02. The lowest BCUT2D eigenvalue weighted by molar-refractivity contribution is -0.138. The Hall–Kier alpha value is -1.07. The molecule has 0 radical (unpaired) electrons. The summed E-state index contributed by atoms with van der Waals surface area (Å²) in [5.74, 6) is 0. The summed E-state index contributed by atoms with van der Waals surface area (Å²) in [7, 11) is 0. The van der Waals surface area contributed by atoms with Crippen LogP contribution in [0.3, 0.4) is 0 Å². The van der Waals surface area contributed by atoms with Gasteiger partial charge in [0, 0.05) is 6.54 Å². The van der Waals surface area contributed by atoms with Crippen LogP contribution in [0, 0.1) is 0 Å². The lowest BCUT2D eigenvalue weighted by Gasteiger charge is -2.06. The molecule has 88 valence electrons. The van der Waals surface area contributed by atoms with Crippen molar-refractivity contribution in [1.29, 1.82) is 0 Å². The van der Waals surface area contributed by atoms with Gasteiger partial charge >= 0.3 is 6.18 Å². The molecule has 2 nitrogen and oxygen atoms in total. The number of hydrogen-bond acceptors (Lipinski definition) is 2. The zero-order valence-electron chi connectivity index (χ0n) is 8.48. The second-order valence-corrected chi connectivity index (χ2v) is 3.89. The van der Waals surface area contributed by atoms with Crippen molar-refractivity contribution < 1.29 is 18.3 Å². The van der Waals surface area contributed by atoms with Gasteiger partial charge in [0.25, 0.3) is 0 Å². The molecule has 1 aliphatic heterocycles. The van der Waals surface area contributed by atoms with Crippen LogP contribution < -0.4 is 0 Å². The van der Waals surface area contributed by atoms with Crippen molar-refractivity contribution in [3.8, 4) is 0 Å². The Morgan fingerprint density at radius 2 is 1.81 bits per heavy atom. The summed E-state index contributed by atoms with van der Waals surface area (Å²) < 4.78 is 37.4.